The van der Waals surface area contributed by atoms with Crippen LogP contribution in [0.2, 0.25) is 0 Å². The number of sulfonamides is 1. The minimum Gasteiger partial charge on any atom is -0.326 e. The van der Waals surface area contributed by atoms with Crippen LogP contribution in [0.5, 0.6) is 0 Å². The van der Waals surface area contributed by atoms with E-state index in [1.807, 2.05) is 0 Å². The lowest BCUT2D eigenvalue weighted by Crippen LogP contribution is -2.41. The molecule has 0 radical (unpaired) electrons. The van der Waals surface area contributed by atoms with Gasteiger partial charge in [-0.3, -0.25) is 0 Å². The van der Waals surface area contributed by atoms with Crippen molar-refractivity contribution in [3.8, 4) is 0 Å². The zero-order valence-electron chi connectivity index (χ0n) is 12.5. The van der Waals surface area contributed by atoms with Gasteiger partial charge in [-0.05, 0) is 40.8 Å². The Morgan fingerprint density at radius 1 is 1.43 bits per heavy atom. The van der Waals surface area contributed by atoms with Gasteiger partial charge < -0.3 is 5.73 Å². The molecule has 120 valence electrons. The molecule has 1 aromatic heterocycles. The molecule has 0 bridgehead atoms. The third-order valence-electron chi connectivity index (χ3n) is 3.77. The summed E-state index contributed by atoms with van der Waals surface area (Å²) in [4.78, 5) is 1.26. The number of thiophene rings is 1. The molecule has 1 saturated carbocycles. The number of halogens is 1. The van der Waals surface area contributed by atoms with Gasteiger partial charge >= 0.3 is 0 Å². The van der Waals surface area contributed by atoms with Crippen LogP contribution >= 0.6 is 27.3 Å². The summed E-state index contributed by atoms with van der Waals surface area (Å²) in [5.74, 6) is 0.312. The fourth-order valence-electron chi connectivity index (χ4n) is 2.80. The van der Waals surface area contributed by atoms with E-state index in [1.54, 1.807) is 10.4 Å². The van der Waals surface area contributed by atoms with E-state index in [1.165, 1.54) is 11.3 Å². The largest absolute Gasteiger partial charge is 0.326 e. The zero-order valence-corrected chi connectivity index (χ0v) is 15.7. The van der Waals surface area contributed by atoms with E-state index in [0.29, 0.717) is 27.7 Å². The normalized spacial score (nSPS) is 17.2. The summed E-state index contributed by atoms with van der Waals surface area (Å²) < 4.78 is 28.5. The highest BCUT2D eigenvalue weighted by Crippen LogP contribution is 2.36. The molecular weight excluding hydrogens is 372 g/mol. The smallest absolute Gasteiger partial charge is 0.245 e. The Bertz CT molecular complexity index is 578. The molecule has 0 amide bonds. The predicted octanol–water partition coefficient (Wildman–Crippen LogP) is 3.56. The van der Waals surface area contributed by atoms with Crippen molar-refractivity contribution in [2.75, 3.05) is 6.54 Å². The first-order valence-electron chi connectivity index (χ1n) is 7.36. The van der Waals surface area contributed by atoms with Gasteiger partial charge in [0.2, 0.25) is 10.0 Å². The van der Waals surface area contributed by atoms with Crippen LogP contribution in [-0.4, -0.2) is 25.3 Å². The summed E-state index contributed by atoms with van der Waals surface area (Å²) in [6.07, 6.45) is 4.18. The summed E-state index contributed by atoms with van der Waals surface area (Å²) in [6.45, 7) is 5.07. The molecule has 21 heavy (non-hydrogen) atoms. The van der Waals surface area contributed by atoms with Crippen LogP contribution in [0.25, 0.3) is 0 Å². The number of hydrogen-bond acceptors (Lipinski definition) is 4. The molecule has 7 heteroatoms. The van der Waals surface area contributed by atoms with Crippen LogP contribution in [-0.2, 0) is 16.6 Å². The van der Waals surface area contributed by atoms with Crippen LogP contribution < -0.4 is 5.73 Å². The number of hydrogen-bond donors (Lipinski definition) is 1. The van der Waals surface area contributed by atoms with Crippen molar-refractivity contribution in [1.29, 1.82) is 0 Å². The van der Waals surface area contributed by atoms with Crippen LogP contribution in [0.1, 0.15) is 44.4 Å². The Morgan fingerprint density at radius 2 is 2.05 bits per heavy atom. The van der Waals surface area contributed by atoms with Crippen molar-refractivity contribution in [2.45, 2.75) is 57.0 Å². The van der Waals surface area contributed by atoms with E-state index < -0.39 is 10.0 Å². The van der Waals surface area contributed by atoms with Crippen LogP contribution in [0, 0.1) is 5.92 Å². The zero-order chi connectivity index (χ0) is 15.6. The van der Waals surface area contributed by atoms with Crippen LogP contribution in [0.4, 0.5) is 0 Å². The summed E-state index contributed by atoms with van der Waals surface area (Å²) >= 11 is 4.80. The third-order valence-corrected chi connectivity index (χ3v) is 7.96. The lowest BCUT2D eigenvalue weighted by Gasteiger charge is -2.29. The van der Waals surface area contributed by atoms with Crippen molar-refractivity contribution < 1.29 is 8.42 Å². The lowest BCUT2D eigenvalue weighted by molar-refractivity contribution is 0.292. The number of rotatable bonds is 6. The monoisotopic (exact) mass is 394 g/mol. The minimum atomic E-state index is -3.46. The van der Waals surface area contributed by atoms with Gasteiger partial charge in [0.25, 0.3) is 0 Å². The minimum absolute atomic E-state index is 0.144. The van der Waals surface area contributed by atoms with Gasteiger partial charge in [-0.2, -0.15) is 4.31 Å². The molecule has 2 N–H and O–H groups in total. The Labute approximate surface area is 139 Å². The highest BCUT2D eigenvalue weighted by Gasteiger charge is 2.35. The van der Waals surface area contributed by atoms with E-state index in [2.05, 4.69) is 29.8 Å². The van der Waals surface area contributed by atoms with Crippen molar-refractivity contribution in [1.82, 2.24) is 4.31 Å². The SMILES string of the molecule is CC(C)CN(C1CCCC1)S(=O)(=O)c1cc(CN)sc1Br. The van der Waals surface area contributed by atoms with Gasteiger partial charge in [0.05, 0.1) is 3.79 Å². The van der Waals surface area contributed by atoms with Crippen molar-refractivity contribution in [3.63, 3.8) is 0 Å². The second kappa shape index (κ2) is 7.08. The molecule has 4 nitrogen and oxygen atoms in total. The first-order chi connectivity index (χ1) is 9.86. The summed E-state index contributed by atoms with van der Waals surface area (Å²) in [5, 5.41) is 0. The Hall–Kier alpha value is 0.0500. The molecule has 1 aliphatic rings. The molecule has 0 saturated heterocycles. The van der Waals surface area contributed by atoms with Crippen molar-refractivity contribution in [2.24, 2.45) is 11.7 Å². The first-order valence-corrected chi connectivity index (χ1v) is 10.4. The number of nitrogens with two attached hydrogens (primary N) is 1. The lowest BCUT2D eigenvalue weighted by atomic mass is 10.2. The number of nitrogens with zero attached hydrogens (tertiary/aromatic N) is 1. The van der Waals surface area contributed by atoms with E-state index in [4.69, 9.17) is 5.73 Å². The van der Waals surface area contributed by atoms with E-state index in [-0.39, 0.29) is 6.04 Å². The molecule has 0 spiro atoms. The second-order valence-electron chi connectivity index (χ2n) is 5.96. The fourth-order valence-corrected chi connectivity index (χ4v) is 7.16. The fraction of sp³-hybridized carbons (Fsp3) is 0.714. The highest BCUT2D eigenvalue weighted by molar-refractivity contribution is 9.11. The van der Waals surface area contributed by atoms with Gasteiger partial charge in [0, 0.05) is 24.0 Å². The van der Waals surface area contributed by atoms with Crippen LogP contribution in [0.15, 0.2) is 14.7 Å². The molecule has 1 heterocycles. The molecule has 0 atom stereocenters. The molecule has 0 aromatic carbocycles. The highest BCUT2D eigenvalue weighted by atomic mass is 79.9. The predicted molar refractivity (Wildman–Crippen MR) is 90.9 cm³/mol. The Morgan fingerprint density at radius 3 is 2.52 bits per heavy atom. The molecular formula is C14H23BrN2O2S2. The van der Waals surface area contributed by atoms with Crippen molar-refractivity contribution in [3.05, 3.63) is 14.7 Å². The quantitative estimate of drug-likeness (QED) is 0.801. The van der Waals surface area contributed by atoms with Crippen LogP contribution in [0.3, 0.4) is 0 Å². The second-order valence-corrected chi connectivity index (χ2v) is 10.3. The van der Waals surface area contributed by atoms with E-state index >= 15 is 0 Å². The van der Waals surface area contributed by atoms with Crippen molar-refractivity contribution >= 4 is 37.3 Å². The average molecular weight is 395 g/mol. The maximum absolute atomic E-state index is 13.1. The molecule has 2 rings (SSSR count). The van der Waals surface area contributed by atoms with Gasteiger partial charge in [-0.15, -0.1) is 11.3 Å². The topological polar surface area (TPSA) is 63.4 Å². The first kappa shape index (κ1) is 17.4. The standard InChI is InChI=1S/C14H23BrN2O2S2/c1-10(2)9-17(11-5-3-4-6-11)21(18,19)13-7-12(8-16)20-14(13)15/h7,10-11H,3-6,8-9,16H2,1-2H3. The van der Waals surface area contributed by atoms with E-state index in [9.17, 15) is 8.42 Å². The molecule has 1 fully saturated rings. The Kier molecular flexibility index (Phi) is 5.87. The summed E-state index contributed by atoms with van der Waals surface area (Å²) in [5.41, 5.74) is 5.64. The summed E-state index contributed by atoms with van der Waals surface area (Å²) in [6, 6.07) is 1.86. The molecule has 1 aliphatic carbocycles. The Balaban J connectivity index is 2.38. The van der Waals surface area contributed by atoms with Gasteiger partial charge in [0.15, 0.2) is 0 Å². The van der Waals surface area contributed by atoms with Gasteiger partial charge in [-0.25, -0.2) is 8.42 Å². The third kappa shape index (κ3) is 3.88. The average Bonchev–Trinajstić information content (AvgIpc) is 3.04. The maximum Gasteiger partial charge on any atom is 0.245 e. The molecule has 0 aliphatic heterocycles. The van der Waals surface area contributed by atoms with Gasteiger partial charge in [0.1, 0.15) is 4.90 Å². The maximum atomic E-state index is 13.1. The molecule has 0 unspecified atom stereocenters. The van der Waals surface area contributed by atoms with E-state index in [0.717, 1.165) is 30.6 Å². The molecule has 1 aromatic rings. The van der Waals surface area contributed by atoms with Gasteiger partial charge in [-0.1, -0.05) is 26.7 Å². The summed E-state index contributed by atoms with van der Waals surface area (Å²) in [7, 11) is -3.46.